The molecule has 0 atom stereocenters. The monoisotopic (exact) mass is 284 g/mol. The fourth-order valence-electron chi connectivity index (χ4n) is 2.68. The number of aliphatic hydroxyl groups excluding tert-OH is 1. The first-order valence-electron chi connectivity index (χ1n) is 7.24. The molecule has 1 aromatic heterocycles. The number of aliphatic hydroxyl groups is 1. The Hall–Kier alpha value is -0.720. The van der Waals surface area contributed by atoms with E-state index in [0.717, 1.165) is 29.8 Å². The Labute approximate surface area is 119 Å². The molecule has 5 nitrogen and oxygen atoms in total. The molecule has 0 unspecified atom stereocenters. The molecule has 0 aliphatic heterocycles. The molecule has 2 rings (SSSR count). The van der Waals surface area contributed by atoms with Gasteiger partial charge in [-0.05, 0) is 19.8 Å². The first kappa shape index (κ1) is 14.7. The van der Waals surface area contributed by atoms with Gasteiger partial charge in [-0.15, -0.1) is 10.2 Å². The summed E-state index contributed by atoms with van der Waals surface area (Å²) in [6.45, 7) is 4.70. The zero-order valence-corrected chi connectivity index (χ0v) is 12.5. The second-order valence-corrected chi connectivity index (χ2v) is 6.08. The van der Waals surface area contributed by atoms with Gasteiger partial charge in [0, 0.05) is 19.1 Å². The minimum absolute atomic E-state index is 0.218. The van der Waals surface area contributed by atoms with Crippen molar-refractivity contribution in [3.63, 3.8) is 0 Å². The van der Waals surface area contributed by atoms with E-state index in [1.54, 1.807) is 11.3 Å². The molecule has 1 saturated carbocycles. The van der Waals surface area contributed by atoms with E-state index in [4.69, 9.17) is 0 Å². The van der Waals surface area contributed by atoms with E-state index in [0.29, 0.717) is 6.04 Å². The van der Waals surface area contributed by atoms with Crippen molar-refractivity contribution in [1.82, 2.24) is 15.1 Å². The highest BCUT2D eigenvalue weighted by molar-refractivity contribution is 7.15. The van der Waals surface area contributed by atoms with Gasteiger partial charge in [0.05, 0.1) is 13.2 Å². The maximum atomic E-state index is 9.25. The summed E-state index contributed by atoms with van der Waals surface area (Å²) in [7, 11) is 0. The Balaban J connectivity index is 1.94. The van der Waals surface area contributed by atoms with Gasteiger partial charge in [-0.25, -0.2) is 0 Å². The van der Waals surface area contributed by atoms with Crippen molar-refractivity contribution in [1.29, 1.82) is 0 Å². The van der Waals surface area contributed by atoms with Crippen LogP contribution in [0.4, 0.5) is 5.13 Å². The molecule has 1 aromatic rings. The van der Waals surface area contributed by atoms with E-state index >= 15 is 0 Å². The molecule has 19 heavy (non-hydrogen) atoms. The van der Waals surface area contributed by atoms with E-state index in [-0.39, 0.29) is 6.61 Å². The summed E-state index contributed by atoms with van der Waals surface area (Å²) in [4.78, 5) is 2.37. The number of nitrogens with zero attached hydrogens (tertiary/aromatic N) is 3. The third-order valence-corrected chi connectivity index (χ3v) is 4.48. The molecular weight excluding hydrogens is 260 g/mol. The average molecular weight is 284 g/mol. The van der Waals surface area contributed by atoms with Crippen molar-refractivity contribution in [2.75, 3.05) is 25.0 Å². The van der Waals surface area contributed by atoms with Crippen LogP contribution in [0.5, 0.6) is 0 Å². The highest BCUT2D eigenvalue weighted by atomic mass is 32.1. The van der Waals surface area contributed by atoms with Gasteiger partial charge < -0.3 is 10.4 Å². The SMILES string of the molecule is CCNc1nnc(CN(CCO)C2CCCCC2)s1. The molecular formula is C13H24N4OS. The third kappa shape index (κ3) is 4.40. The molecule has 6 heteroatoms. The largest absolute Gasteiger partial charge is 0.395 e. The van der Waals surface area contributed by atoms with E-state index in [2.05, 4.69) is 27.3 Å². The number of aromatic nitrogens is 2. The van der Waals surface area contributed by atoms with Crippen molar-refractivity contribution < 1.29 is 5.11 Å². The van der Waals surface area contributed by atoms with Crippen LogP contribution in [0.2, 0.25) is 0 Å². The van der Waals surface area contributed by atoms with Crippen LogP contribution in [-0.4, -0.2) is 45.9 Å². The Bertz CT molecular complexity index is 365. The smallest absolute Gasteiger partial charge is 0.205 e. The molecule has 0 amide bonds. The normalized spacial score (nSPS) is 17.0. The van der Waals surface area contributed by atoms with Crippen molar-refractivity contribution in [3.05, 3.63) is 5.01 Å². The summed E-state index contributed by atoms with van der Waals surface area (Å²) in [5.41, 5.74) is 0. The molecule has 2 N–H and O–H groups in total. The molecule has 0 radical (unpaired) electrons. The molecule has 0 spiro atoms. The van der Waals surface area contributed by atoms with Crippen molar-refractivity contribution >= 4 is 16.5 Å². The van der Waals surface area contributed by atoms with Crippen LogP contribution in [-0.2, 0) is 6.54 Å². The van der Waals surface area contributed by atoms with Crippen LogP contribution in [0.3, 0.4) is 0 Å². The van der Waals surface area contributed by atoms with Crippen molar-refractivity contribution in [3.8, 4) is 0 Å². The molecule has 1 heterocycles. The number of anilines is 1. The summed E-state index contributed by atoms with van der Waals surface area (Å²) in [5, 5.41) is 22.7. The average Bonchev–Trinajstić information content (AvgIpc) is 2.87. The first-order chi connectivity index (χ1) is 9.33. The second-order valence-electron chi connectivity index (χ2n) is 5.02. The summed E-state index contributed by atoms with van der Waals surface area (Å²) in [6.07, 6.45) is 6.47. The Morgan fingerprint density at radius 3 is 2.79 bits per heavy atom. The van der Waals surface area contributed by atoms with Crippen LogP contribution in [0, 0.1) is 0 Å². The Morgan fingerprint density at radius 2 is 2.11 bits per heavy atom. The van der Waals surface area contributed by atoms with Crippen LogP contribution in [0.15, 0.2) is 0 Å². The summed E-state index contributed by atoms with van der Waals surface area (Å²) < 4.78 is 0. The van der Waals surface area contributed by atoms with E-state index < -0.39 is 0 Å². The molecule has 1 aliphatic rings. The summed E-state index contributed by atoms with van der Waals surface area (Å²) in [5.74, 6) is 0. The number of hydrogen-bond acceptors (Lipinski definition) is 6. The summed E-state index contributed by atoms with van der Waals surface area (Å²) >= 11 is 1.62. The van der Waals surface area contributed by atoms with E-state index in [1.807, 2.05) is 0 Å². The highest BCUT2D eigenvalue weighted by Gasteiger charge is 2.22. The third-order valence-electron chi connectivity index (χ3n) is 3.61. The molecule has 0 aromatic carbocycles. The second kappa shape index (κ2) is 7.77. The van der Waals surface area contributed by atoms with Gasteiger partial charge in [-0.3, -0.25) is 4.90 Å². The quantitative estimate of drug-likeness (QED) is 0.803. The predicted molar refractivity (Wildman–Crippen MR) is 78.4 cm³/mol. The maximum absolute atomic E-state index is 9.25. The van der Waals surface area contributed by atoms with Gasteiger partial charge in [0.15, 0.2) is 0 Å². The van der Waals surface area contributed by atoms with Gasteiger partial charge >= 0.3 is 0 Å². The molecule has 0 saturated heterocycles. The lowest BCUT2D eigenvalue weighted by molar-refractivity contribution is 0.117. The lowest BCUT2D eigenvalue weighted by Gasteiger charge is -2.33. The van der Waals surface area contributed by atoms with E-state index in [9.17, 15) is 5.11 Å². The summed E-state index contributed by atoms with van der Waals surface area (Å²) in [6, 6.07) is 0.604. The zero-order chi connectivity index (χ0) is 13.5. The van der Waals surface area contributed by atoms with Crippen LogP contribution in [0.1, 0.15) is 44.0 Å². The van der Waals surface area contributed by atoms with Crippen LogP contribution in [0.25, 0.3) is 0 Å². The molecule has 108 valence electrons. The maximum Gasteiger partial charge on any atom is 0.205 e. The van der Waals surface area contributed by atoms with Crippen LogP contribution >= 0.6 is 11.3 Å². The van der Waals surface area contributed by atoms with Gasteiger partial charge in [0.1, 0.15) is 5.01 Å². The first-order valence-corrected chi connectivity index (χ1v) is 8.06. The minimum atomic E-state index is 0.218. The molecule has 1 fully saturated rings. The lowest BCUT2D eigenvalue weighted by Crippen LogP contribution is -2.38. The topological polar surface area (TPSA) is 61.3 Å². The number of rotatable bonds is 7. The van der Waals surface area contributed by atoms with Crippen molar-refractivity contribution in [2.45, 2.75) is 51.6 Å². The van der Waals surface area contributed by atoms with Gasteiger partial charge in [-0.2, -0.15) is 0 Å². The van der Waals surface area contributed by atoms with Crippen molar-refractivity contribution in [2.24, 2.45) is 0 Å². The van der Waals surface area contributed by atoms with E-state index in [1.165, 1.54) is 32.1 Å². The predicted octanol–water partition coefficient (Wildman–Crippen LogP) is 2.10. The van der Waals surface area contributed by atoms with Crippen LogP contribution < -0.4 is 5.32 Å². The number of hydrogen-bond donors (Lipinski definition) is 2. The molecule has 1 aliphatic carbocycles. The standard InChI is InChI=1S/C13H24N4OS/c1-2-14-13-16-15-12(19-13)10-17(8-9-18)11-6-4-3-5-7-11/h11,18H,2-10H2,1H3,(H,14,16). The fraction of sp³-hybridized carbons (Fsp3) is 0.846. The minimum Gasteiger partial charge on any atom is -0.395 e. The Kier molecular flexibility index (Phi) is 6.00. The highest BCUT2D eigenvalue weighted by Crippen LogP contribution is 2.25. The zero-order valence-electron chi connectivity index (χ0n) is 11.6. The van der Waals surface area contributed by atoms with Gasteiger partial charge in [0.2, 0.25) is 5.13 Å². The Morgan fingerprint density at radius 1 is 1.32 bits per heavy atom. The fourth-order valence-corrected chi connectivity index (χ4v) is 3.51. The number of nitrogens with one attached hydrogen (secondary N) is 1. The molecule has 0 bridgehead atoms. The van der Waals surface area contributed by atoms with Gasteiger partial charge in [0.25, 0.3) is 0 Å². The van der Waals surface area contributed by atoms with Gasteiger partial charge in [-0.1, -0.05) is 30.6 Å². The lowest BCUT2D eigenvalue weighted by atomic mass is 9.94.